The van der Waals surface area contributed by atoms with Crippen LogP contribution in [0, 0.1) is 5.92 Å². The van der Waals surface area contributed by atoms with Crippen LogP contribution in [0.5, 0.6) is 0 Å². The second kappa shape index (κ2) is 8.10. The number of nitrogens with zero attached hydrogens (tertiary/aromatic N) is 5. The summed E-state index contributed by atoms with van der Waals surface area (Å²) in [6, 6.07) is 0. The summed E-state index contributed by atoms with van der Waals surface area (Å²) in [5.74, 6) is 1.08. The van der Waals surface area contributed by atoms with E-state index < -0.39 is 5.60 Å². The topological polar surface area (TPSA) is 78.9 Å². The van der Waals surface area contributed by atoms with Crippen LogP contribution in [0.1, 0.15) is 39.2 Å². The van der Waals surface area contributed by atoms with Gasteiger partial charge >= 0.3 is 6.09 Å². The second-order valence-corrected chi connectivity index (χ2v) is 9.73. The number of carbonyl (C=O) groups is 2. The molecule has 9 heteroatoms. The summed E-state index contributed by atoms with van der Waals surface area (Å²) in [5, 5.41) is 0.647. The Morgan fingerprint density at radius 1 is 1.45 bits per heavy atom. The van der Waals surface area contributed by atoms with Gasteiger partial charge in [0, 0.05) is 44.0 Å². The van der Waals surface area contributed by atoms with E-state index in [0.717, 1.165) is 31.4 Å². The Labute approximate surface area is 177 Å². The van der Waals surface area contributed by atoms with Gasteiger partial charge in [-0.1, -0.05) is 11.8 Å². The number of amides is 2. The Bertz CT molecular complexity index is 784. The van der Waals surface area contributed by atoms with Crippen LogP contribution in [0.15, 0.2) is 11.4 Å². The van der Waals surface area contributed by atoms with E-state index in [0.29, 0.717) is 30.0 Å². The molecule has 2 unspecified atom stereocenters. The lowest BCUT2D eigenvalue weighted by molar-refractivity contribution is -0.107. The van der Waals surface area contributed by atoms with Crippen molar-refractivity contribution in [3.8, 4) is 0 Å². The van der Waals surface area contributed by atoms with Crippen LogP contribution in [0.2, 0.25) is 0 Å². The van der Waals surface area contributed by atoms with Gasteiger partial charge in [-0.2, -0.15) is 0 Å². The van der Waals surface area contributed by atoms with Gasteiger partial charge in [-0.15, -0.1) is 0 Å². The van der Waals surface area contributed by atoms with Crippen molar-refractivity contribution in [3.63, 3.8) is 0 Å². The Kier molecular flexibility index (Phi) is 6.10. The molecule has 2 fully saturated rings. The lowest BCUT2D eigenvalue weighted by atomic mass is 10.0. The quantitative estimate of drug-likeness (QED) is 0.397. The van der Waals surface area contributed by atoms with Crippen molar-refractivity contribution in [2.24, 2.45) is 5.92 Å². The van der Waals surface area contributed by atoms with Gasteiger partial charge < -0.3 is 14.5 Å². The van der Waals surface area contributed by atoms with E-state index >= 15 is 0 Å². The van der Waals surface area contributed by atoms with Crippen LogP contribution >= 0.6 is 11.8 Å². The smallest absolute Gasteiger partial charge is 0.410 e. The summed E-state index contributed by atoms with van der Waals surface area (Å²) in [7, 11) is 3.82. The summed E-state index contributed by atoms with van der Waals surface area (Å²) in [6.45, 7) is 7.75. The third-order valence-corrected chi connectivity index (χ3v) is 6.33. The molecule has 2 atom stereocenters. The van der Waals surface area contributed by atoms with Crippen molar-refractivity contribution in [1.82, 2.24) is 19.8 Å². The minimum absolute atomic E-state index is 0.0910. The summed E-state index contributed by atoms with van der Waals surface area (Å²) in [4.78, 5) is 38.3. The van der Waals surface area contributed by atoms with E-state index in [1.807, 2.05) is 38.1 Å². The predicted octanol–water partition coefficient (Wildman–Crippen LogP) is 2.62. The van der Waals surface area contributed by atoms with Crippen LogP contribution in [-0.4, -0.2) is 76.9 Å². The van der Waals surface area contributed by atoms with Gasteiger partial charge in [0.15, 0.2) is 5.16 Å². The molecule has 0 N–H and O–H groups in total. The molecule has 0 radical (unpaired) electrons. The molecule has 1 aliphatic heterocycles. The number of anilines is 1. The molecule has 3 rings (SSSR count). The Morgan fingerprint density at radius 3 is 2.76 bits per heavy atom. The molecule has 2 heterocycles. The van der Waals surface area contributed by atoms with E-state index in [1.54, 1.807) is 7.05 Å². The molecule has 1 saturated carbocycles. The molecule has 0 bridgehead atoms. The number of likely N-dealkylation sites (tertiary alicyclic amines) is 1. The Morgan fingerprint density at radius 2 is 2.17 bits per heavy atom. The number of hydrogen-bond acceptors (Lipinski definition) is 7. The molecule has 2 aliphatic rings. The molecule has 0 aromatic carbocycles. The van der Waals surface area contributed by atoms with Gasteiger partial charge in [0.25, 0.3) is 0 Å². The fourth-order valence-corrected chi connectivity index (χ4v) is 4.44. The lowest BCUT2D eigenvalue weighted by Crippen LogP contribution is -2.48. The highest BCUT2D eigenvalue weighted by molar-refractivity contribution is 7.98. The maximum atomic E-state index is 12.4. The minimum atomic E-state index is -0.476. The average molecular weight is 422 g/mol. The van der Waals surface area contributed by atoms with Crippen LogP contribution in [0.3, 0.4) is 0 Å². The normalized spacial score (nSPS) is 23.6. The monoisotopic (exact) mass is 421 g/mol. The van der Waals surface area contributed by atoms with E-state index in [2.05, 4.69) is 21.9 Å². The second-order valence-electron chi connectivity index (χ2n) is 8.96. The highest BCUT2D eigenvalue weighted by Crippen LogP contribution is 2.54. The number of carbonyl (C=O) groups excluding carboxylic acids is 2. The standard InChI is InChI=1S/C20H31N5O3S/c1-19(2,3)28-18(27)25-8-7-20(9-15(20)12-25)24(5)11-14-10-21-17(29-6)22-16(14)23(4)13-26/h10,13,15H,7-9,11-12H2,1-6H3. The van der Waals surface area contributed by atoms with Gasteiger partial charge in [0.1, 0.15) is 11.4 Å². The highest BCUT2D eigenvalue weighted by Gasteiger charge is 2.59. The molecule has 1 aliphatic carbocycles. The first kappa shape index (κ1) is 21.8. The number of fused-ring (bicyclic) bond motifs is 1. The molecule has 2 amide bonds. The van der Waals surface area contributed by atoms with E-state index in [9.17, 15) is 9.59 Å². The zero-order valence-electron chi connectivity index (χ0n) is 18.1. The number of ether oxygens (including phenoxy) is 1. The number of piperidine rings is 1. The van der Waals surface area contributed by atoms with E-state index in [4.69, 9.17) is 4.74 Å². The van der Waals surface area contributed by atoms with Gasteiger partial charge in [0.2, 0.25) is 6.41 Å². The van der Waals surface area contributed by atoms with Gasteiger partial charge in [0.05, 0.1) is 0 Å². The van der Waals surface area contributed by atoms with Crippen molar-refractivity contribution in [3.05, 3.63) is 11.8 Å². The molecule has 160 valence electrons. The fraction of sp³-hybridized carbons (Fsp3) is 0.700. The molecule has 1 aromatic heterocycles. The fourth-order valence-electron chi connectivity index (χ4n) is 4.11. The molecule has 8 nitrogen and oxygen atoms in total. The number of hydrogen-bond donors (Lipinski definition) is 0. The Balaban J connectivity index is 1.67. The number of thioether (sulfide) groups is 1. The molecular formula is C20H31N5O3S. The first-order valence-electron chi connectivity index (χ1n) is 9.87. The molecule has 1 aromatic rings. The zero-order valence-corrected chi connectivity index (χ0v) is 19.0. The Hall–Kier alpha value is -1.87. The summed E-state index contributed by atoms with van der Waals surface area (Å²) >= 11 is 1.45. The van der Waals surface area contributed by atoms with Crippen molar-refractivity contribution in [2.45, 2.75) is 56.5 Å². The third kappa shape index (κ3) is 4.66. The maximum Gasteiger partial charge on any atom is 0.410 e. The first-order chi connectivity index (χ1) is 13.6. The third-order valence-electron chi connectivity index (χ3n) is 5.77. The van der Waals surface area contributed by atoms with Crippen molar-refractivity contribution in [1.29, 1.82) is 0 Å². The first-order valence-corrected chi connectivity index (χ1v) is 11.1. The summed E-state index contributed by atoms with van der Waals surface area (Å²) in [6.07, 6.45) is 6.25. The van der Waals surface area contributed by atoms with E-state index in [-0.39, 0.29) is 11.6 Å². The number of aromatic nitrogens is 2. The highest BCUT2D eigenvalue weighted by atomic mass is 32.2. The molecule has 1 saturated heterocycles. The maximum absolute atomic E-state index is 12.4. The van der Waals surface area contributed by atoms with Gasteiger partial charge in [-0.3, -0.25) is 9.69 Å². The summed E-state index contributed by atoms with van der Waals surface area (Å²) in [5.41, 5.74) is 0.540. The van der Waals surface area contributed by atoms with E-state index in [1.165, 1.54) is 16.7 Å². The van der Waals surface area contributed by atoms with Gasteiger partial charge in [-0.25, -0.2) is 14.8 Å². The molecule has 0 spiro atoms. The summed E-state index contributed by atoms with van der Waals surface area (Å²) < 4.78 is 5.53. The van der Waals surface area contributed by atoms with Crippen molar-refractivity contribution < 1.29 is 14.3 Å². The van der Waals surface area contributed by atoms with Gasteiger partial charge in [-0.05, 0) is 52.8 Å². The predicted molar refractivity (Wildman–Crippen MR) is 113 cm³/mol. The van der Waals surface area contributed by atoms with Crippen LogP contribution in [-0.2, 0) is 16.1 Å². The minimum Gasteiger partial charge on any atom is -0.444 e. The zero-order chi connectivity index (χ0) is 21.4. The largest absolute Gasteiger partial charge is 0.444 e. The van der Waals surface area contributed by atoms with Crippen molar-refractivity contribution in [2.75, 3.05) is 38.3 Å². The average Bonchev–Trinajstić information content (AvgIpc) is 3.41. The van der Waals surface area contributed by atoms with Crippen LogP contribution in [0.4, 0.5) is 10.6 Å². The van der Waals surface area contributed by atoms with Crippen LogP contribution < -0.4 is 4.90 Å². The molecule has 29 heavy (non-hydrogen) atoms. The number of rotatable bonds is 6. The van der Waals surface area contributed by atoms with Crippen LogP contribution in [0.25, 0.3) is 0 Å². The van der Waals surface area contributed by atoms with Crippen molar-refractivity contribution >= 4 is 30.1 Å². The lowest BCUT2D eigenvalue weighted by Gasteiger charge is -2.37. The SMILES string of the molecule is CSc1ncc(CN(C)C23CCN(C(=O)OC(C)(C)C)CC2C3)c(N(C)C=O)n1. The molecular weight excluding hydrogens is 390 g/mol.